The van der Waals surface area contributed by atoms with E-state index in [-0.39, 0.29) is 5.95 Å². The van der Waals surface area contributed by atoms with E-state index in [1.54, 1.807) is 13.2 Å². The summed E-state index contributed by atoms with van der Waals surface area (Å²) < 4.78 is 5.16. The summed E-state index contributed by atoms with van der Waals surface area (Å²) in [6, 6.07) is 2.19. The largest absolute Gasteiger partial charge is 0.383 e. The molecule has 1 fully saturated rings. The third-order valence-corrected chi connectivity index (χ3v) is 3.38. The van der Waals surface area contributed by atoms with Crippen molar-refractivity contribution in [3.63, 3.8) is 0 Å². The topological polar surface area (TPSA) is 90.3 Å². The number of ether oxygens (including phenoxy) is 1. The van der Waals surface area contributed by atoms with Crippen molar-refractivity contribution in [1.29, 1.82) is 0 Å². The predicted molar refractivity (Wildman–Crippen MR) is 72.3 cm³/mol. The second-order valence-electron chi connectivity index (χ2n) is 4.77. The summed E-state index contributed by atoms with van der Waals surface area (Å²) in [6.45, 7) is 3.65. The molecule has 100 valence electrons. The van der Waals surface area contributed by atoms with E-state index in [4.69, 9.17) is 16.2 Å². The second-order valence-corrected chi connectivity index (χ2v) is 4.77. The first-order valence-corrected chi connectivity index (χ1v) is 6.27. The zero-order chi connectivity index (χ0) is 13.1. The highest BCUT2D eigenvalue weighted by Gasteiger charge is 2.32. The van der Waals surface area contributed by atoms with E-state index in [0.29, 0.717) is 18.5 Å². The summed E-state index contributed by atoms with van der Waals surface area (Å²) in [7, 11) is 1.70. The molecule has 18 heavy (non-hydrogen) atoms. The molecule has 4 N–H and O–H groups in total. The minimum absolute atomic E-state index is 0.218. The van der Waals surface area contributed by atoms with Gasteiger partial charge in [-0.3, -0.25) is 0 Å². The summed E-state index contributed by atoms with van der Waals surface area (Å²) >= 11 is 0. The van der Waals surface area contributed by atoms with Crippen molar-refractivity contribution < 1.29 is 4.74 Å². The van der Waals surface area contributed by atoms with E-state index < -0.39 is 0 Å². The minimum Gasteiger partial charge on any atom is -0.383 e. The Morgan fingerprint density at radius 1 is 1.44 bits per heavy atom. The SMILES string of the molecule is COCCN(c1cc(N)nc(N)n1)C(C)C1CC1. The van der Waals surface area contributed by atoms with Crippen molar-refractivity contribution in [3.05, 3.63) is 6.07 Å². The van der Waals surface area contributed by atoms with Gasteiger partial charge in [-0.2, -0.15) is 9.97 Å². The lowest BCUT2D eigenvalue weighted by Gasteiger charge is -2.30. The van der Waals surface area contributed by atoms with Gasteiger partial charge in [-0.15, -0.1) is 0 Å². The Morgan fingerprint density at radius 3 is 2.72 bits per heavy atom. The standard InChI is InChI=1S/C12H21N5O/c1-8(9-3-4-9)17(5-6-18-2)11-7-10(13)15-12(14)16-11/h7-9H,3-6H2,1-2H3,(H4,13,14,15,16). The molecule has 0 aliphatic heterocycles. The molecule has 2 rings (SSSR count). The zero-order valence-corrected chi connectivity index (χ0v) is 11.0. The number of anilines is 3. The predicted octanol–water partition coefficient (Wildman–Crippen LogP) is 0.892. The molecular formula is C12H21N5O. The molecule has 1 unspecified atom stereocenters. The smallest absolute Gasteiger partial charge is 0.223 e. The van der Waals surface area contributed by atoms with Crippen LogP contribution < -0.4 is 16.4 Å². The molecule has 0 spiro atoms. The molecule has 1 aromatic rings. The molecular weight excluding hydrogens is 230 g/mol. The number of nitrogens with two attached hydrogens (primary N) is 2. The van der Waals surface area contributed by atoms with Crippen molar-refractivity contribution in [2.75, 3.05) is 36.6 Å². The maximum absolute atomic E-state index is 5.73. The Kier molecular flexibility index (Phi) is 3.86. The highest BCUT2D eigenvalue weighted by atomic mass is 16.5. The Balaban J connectivity index is 2.20. The van der Waals surface area contributed by atoms with Crippen LogP contribution in [-0.4, -0.2) is 36.3 Å². The monoisotopic (exact) mass is 251 g/mol. The van der Waals surface area contributed by atoms with Crippen molar-refractivity contribution in [3.8, 4) is 0 Å². The summed E-state index contributed by atoms with van der Waals surface area (Å²) in [4.78, 5) is 10.4. The number of hydrogen-bond acceptors (Lipinski definition) is 6. The van der Waals surface area contributed by atoms with Crippen LogP contribution in [0.1, 0.15) is 19.8 Å². The zero-order valence-electron chi connectivity index (χ0n) is 11.0. The van der Waals surface area contributed by atoms with Crippen LogP contribution in [0, 0.1) is 5.92 Å². The highest BCUT2D eigenvalue weighted by molar-refractivity contribution is 5.51. The maximum Gasteiger partial charge on any atom is 0.223 e. The van der Waals surface area contributed by atoms with Crippen LogP contribution in [-0.2, 0) is 4.74 Å². The molecule has 0 amide bonds. The van der Waals surface area contributed by atoms with Gasteiger partial charge in [0, 0.05) is 25.8 Å². The first kappa shape index (κ1) is 12.9. The van der Waals surface area contributed by atoms with Crippen LogP contribution >= 0.6 is 0 Å². The quantitative estimate of drug-likeness (QED) is 0.780. The first-order chi connectivity index (χ1) is 8.61. The Bertz CT molecular complexity index is 387. The normalized spacial score (nSPS) is 16.6. The van der Waals surface area contributed by atoms with Crippen LogP contribution in [0.25, 0.3) is 0 Å². The van der Waals surface area contributed by atoms with Crippen LogP contribution in [0.2, 0.25) is 0 Å². The van der Waals surface area contributed by atoms with Crippen LogP contribution in [0.4, 0.5) is 17.6 Å². The van der Waals surface area contributed by atoms with Gasteiger partial charge < -0.3 is 21.1 Å². The van der Waals surface area contributed by atoms with Crippen LogP contribution in [0.5, 0.6) is 0 Å². The van der Waals surface area contributed by atoms with Gasteiger partial charge in [0.25, 0.3) is 0 Å². The van der Waals surface area contributed by atoms with E-state index in [2.05, 4.69) is 21.8 Å². The number of nitrogen functional groups attached to an aromatic ring is 2. The molecule has 6 heteroatoms. The molecule has 0 radical (unpaired) electrons. The fourth-order valence-corrected chi connectivity index (χ4v) is 2.17. The van der Waals surface area contributed by atoms with Gasteiger partial charge in [0.15, 0.2) is 0 Å². The maximum atomic E-state index is 5.73. The van der Waals surface area contributed by atoms with Gasteiger partial charge in [0.1, 0.15) is 11.6 Å². The number of nitrogens with zero attached hydrogens (tertiary/aromatic N) is 3. The summed E-state index contributed by atoms with van der Waals surface area (Å²) in [5.74, 6) is 2.15. The molecule has 1 heterocycles. The van der Waals surface area contributed by atoms with Crippen molar-refractivity contribution >= 4 is 17.6 Å². The molecule has 6 nitrogen and oxygen atoms in total. The van der Waals surface area contributed by atoms with E-state index in [9.17, 15) is 0 Å². The number of methoxy groups -OCH3 is 1. The third-order valence-electron chi connectivity index (χ3n) is 3.38. The number of hydrogen-bond donors (Lipinski definition) is 2. The van der Waals surface area contributed by atoms with Gasteiger partial charge in [-0.1, -0.05) is 0 Å². The fourth-order valence-electron chi connectivity index (χ4n) is 2.17. The lowest BCUT2D eigenvalue weighted by atomic mass is 10.2. The lowest BCUT2D eigenvalue weighted by molar-refractivity contribution is 0.202. The minimum atomic E-state index is 0.218. The average molecular weight is 251 g/mol. The van der Waals surface area contributed by atoms with Gasteiger partial charge in [-0.05, 0) is 25.7 Å². The van der Waals surface area contributed by atoms with E-state index in [1.165, 1.54) is 12.8 Å². The molecule has 0 saturated heterocycles. The number of aromatic nitrogens is 2. The average Bonchev–Trinajstić information content (AvgIpc) is 3.11. The van der Waals surface area contributed by atoms with Gasteiger partial charge >= 0.3 is 0 Å². The fraction of sp³-hybridized carbons (Fsp3) is 0.667. The van der Waals surface area contributed by atoms with E-state index in [0.717, 1.165) is 18.3 Å². The van der Waals surface area contributed by atoms with Crippen molar-refractivity contribution in [2.24, 2.45) is 5.92 Å². The van der Waals surface area contributed by atoms with Crippen molar-refractivity contribution in [1.82, 2.24) is 9.97 Å². The summed E-state index contributed by atoms with van der Waals surface area (Å²) in [5, 5.41) is 0. The number of rotatable bonds is 6. The summed E-state index contributed by atoms with van der Waals surface area (Å²) in [5.41, 5.74) is 11.4. The second kappa shape index (κ2) is 5.39. The molecule has 1 aromatic heterocycles. The van der Waals surface area contributed by atoms with Crippen LogP contribution in [0.3, 0.4) is 0 Å². The summed E-state index contributed by atoms with van der Waals surface area (Å²) in [6.07, 6.45) is 2.56. The molecule has 1 aliphatic carbocycles. The highest BCUT2D eigenvalue weighted by Crippen LogP contribution is 2.36. The third kappa shape index (κ3) is 3.01. The Hall–Kier alpha value is -1.56. The lowest BCUT2D eigenvalue weighted by Crippen LogP contribution is -2.38. The molecule has 1 saturated carbocycles. The van der Waals surface area contributed by atoms with Gasteiger partial charge in [0.2, 0.25) is 5.95 Å². The Labute approximate surface area is 107 Å². The van der Waals surface area contributed by atoms with E-state index >= 15 is 0 Å². The molecule has 1 atom stereocenters. The molecule has 1 aliphatic rings. The Morgan fingerprint density at radius 2 is 2.17 bits per heavy atom. The first-order valence-electron chi connectivity index (χ1n) is 6.27. The van der Waals surface area contributed by atoms with Gasteiger partial charge in [0.05, 0.1) is 6.61 Å². The van der Waals surface area contributed by atoms with Crippen molar-refractivity contribution in [2.45, 2.75) is 25.8 Å². The molecule has 0 aromatic carbocycles. The molecule has 0 bridgehead atoms. The van der Waals surface area contributed by atoms with Crippen LogP contribution in [0.15, 0.2) is 6.07 Å². The van der Waals surface area contributed by atoms with Gasteiger partial charge in [-0.25, -0.2) is 0 Å². The van der Waals surface area contributed by atoms with E-state index in [1.807, 2.05) is 0 Å².